The molecule has 1 aromatic rings. The van der Waals surface area contributed by atoms with Crippen molar-refractivity contribution in [3.63, 3.8) is 0 Å². The van der Waals surface area contributed by atoms with E-state index in [0.29, 0.717) is 6.42 Å². The number of nitrogens with two attached hydrogens (primary N) is 1. The summed E-state index contributed by atoms with van der Waals surface area (Å²) in [6.45, 7) is 4.09. The summed E-state index contributed by atoms with van der Waals surface area (Å²) in [5.41, 5.74) is 10.7. The number of nitrogens with zero attached hydrogens (tertiary/aromatic N) is 1. The van der Waals surface area contributed by atoms with Gasteiger partial charge in [-0.05, 0) is 31.0 Å². The molecule has 122 valence electrons. The fourth-order valence-electron chi connectivity index (χ4n) is 2.23. The Kier molecular flexibility index (Phi) is 8.96. The third kappa shape index (κ3) is 7.81. The normalized spacial score (nSPS) is 11.5. The lowest BCUT2D eigenvalue weighted by atomic mass is 10.1. The van der Waals surface area contributed by atoms with Crippen LogP contribution in [-0.2, 0) is 4.79 Å². The van der Waals surface area contributed by atoms with Gasteiger partial charge in [-0.1, -0.05) is 57.6 Å². The minimum Gasteiger partial charge on any atom is -0.399 e. The molecule has 4 heteroatoms. The molecule has 0 heterocycles. The number of rotatable bonds is 10. The zero-order valence-corrected chi connectivity index (χ0v) is 13.9. The Morgan fingerprint density at radius 2 is 1.64 bits per heavy atom. The second kappa shape index (κ2) is 10.8. The first kappa shape index (κ1) is 18.2. The van der Waals surface area contributed by atoms with Gasteiger partial charge in [0.1, 0.15) is 0 Å². The van der Waals surface area contributed by atoms with Gasteiger partial charge in [-0.25, -0.2) is 5.43 Å². The molecule has 0 aliphatic heterocycles. The van der Waals surface area contributed by atoms with Gasteiger partial charge >= 0.3 is 0 Å². The third-order valence-corrected chi connectivity index (χ3v) is 3.68. The van der Waals surface area contributed by atoms with Crippen LogP contribution in [0.15, 0.2) is 29.4 Å². The van der Waals surface area contributed by atoms with E-state index in [2.05, 4.69) is 17.5 Å². The van der Waals surface area contributed by atoms with Crippen molar-refractivity contribution in [2.24, 2.45) is 5.10 Å². The van der Waals surface area contributed by atoms with Gasteiger partial charge in [0.15, 0.2) is 0 Å². The predicted molar refractivity (Wildman–Crippen MR) is 93.8 cm³/mol. The minimum atomic E-state index is -0.0108. The SMILES string of the molecule is CCCCCCCCCC(=O)N/N=C(\C)c1ccc(N)cc1. The van der Waals surface area contributed by atoms with E-state index < -0.39 is 0 Å². The van der Waals surface area contributed by atoms with E-state index >= 15 is 0 Å². The second-order valence-corrected chi connectivity index (χ2v) is 5.73. The van der Waals surface area contributed by atoms with E-state index in [1.165, 1.54) is 32.1 Å². The van der Waals surface area contributed by atoms with Gasteiger partial charge in [0.05, 0.1) is 5.71 Å². The van der Waals surface area contributed by atoms with Crippen molar-refractivity contribution in [2.45, 2.75) is 65.2 Å². The lowest BCUT2D eigenvalue weighted by Crippen LogP contribution is -2.18. The van der Waals surface area contributed by atoms with Gasteiger partial charge in [-0.2, -0.15) is 5.10 Å². The van der Waals surface area contributed by atoms with Crippen LogP contribution >= 0.6 is 0 Å². The quantitative estimate of drug-likeness (QED) is 0.294. The number of carbonyl (C=O) groups excluding carboxylic acids is 1. The van der Waals surface area contributed by atoms with E-state index in [1.807, 2.05) is 31.2 Å². The standard InChI is InChI=1S/C18H29N3O/c1-3-4-5-6-7-8-9-10-18(22)21-20-15(2)16-11-13-17(19)14-12-16/h11-14H,3-10,19H2,1-2H3,(H,21,22)/b20-15+. The number of benzene rings is 1. The zero-order valence-electron chi connectivity index (χ0n) is 13.9. The molecule has 0 aromatic heterocycles. The highest BCUT2D eigenvalue weighted by atomic mass is 16.2. The molecule has 0 aliphatic carbocycles. The fraction of sp³-hybridized carbons (Fsp3) is 0.556. The molecule has 0 atom stereocenters. The number of amides is 1. The lowest BCUT2D eigenvalue weighted by Gasteiger charge is -2.04. The van der Waals surface area contributed by atoms with Crippen LogP contribution in [0.5, 0.6) is 0 Å². The summed E-state index contributed by atoms with van der Waals surface area (Å²) >= 11 is 0. The lowest BCUT2D eigenvalue weighted by molar-refractivity contribution is -0.121. The van der Waals surface area contributed by atoms with Gasteiger partial charge < -0.3 is 5.73 Å². The summed E-state index contributed by atoms with van der Waals surface area (Å²) in [5.74, 6) is -0.0108. The van der Waals surface area contributed by atoms with Gasteiger partial charge in [0, 0.05) is 12.1 Å². The summed E-state index contributed by atoms with van der Waals surface area (Å²) in [5, 5.41) is 4.14. The molecule has 0 bridgehead atoms. The predicted octanol–water partition coefficient (Wildman–Crippen LogP) is 4.25. The maximum atomic E-state index is 11.7. The number of carbonyl (C=O) groups is 1. The van der Waals surface area contributed by atoms with Crippen LogP contribution in [0.2, 0.25) is 0 Å². The number of hydrogen-bond donors (Lipinski definition) is 2. The molecular weight excluding hydrogens is 274 g/mol. The Hall–Kier alpha value is -1.84. The summed E-state index contributed by atoms with van der Waals surface area (Å²) in [4.78, 5) is 11.7. The average Bonchev–Trinajstić information content (AvgIpc) is 2.52. The van der Waals surface area contributed by atoms with Crippen molar-refractivity contribution in [1.29, 1.82) is 0 Å². The van der Waals surface area contributed by atoms with Crippen molar-refractivity contribution in [3.8, 4) is 0 Å². The first-order valence-electron chi connectivity index (χ1n) is 8.32. The molecule has 3 N–H and O–H groups in total. The number of anilines is 1. The Morgan fingerprint density at radius 3 is 2.27 bits per heavy atom. The summed E-state index contributed by atoms with van der Waals surface area (Å²) in [6.07, 6.45) is 9.02. The Morgan fingerprint density at radius 1 is 1.05 bits per heavy atom. The summed E-state index contributed by atoms with van der Waals surface area (Å²) in [7, 11) is 0. The third-order valence-electron chi connectivity index (χ3n) is 3.68. The topological polar surface area (TPSA) is 67.5 Å². The van der Waals surface area contributed by atoms with Gasteiger partial charge in [0.25, 0.3) is 0 Å². The number of nitrogen functional groups attached to an aromatic ring is 1. The molecule has 0 saturated carbocycles. The smallest absolute Gasteiger partial charge is 0.240 e. The van der Waals surface area contributed by atoms with Crippen LogP contribution < -0.4 is 11.2 Å². The van der Waals surface area contributed by atoms with Gasteiger partial charge in [-0.15, -0.1) is 0 Å². The van der Waals surface area contributed by atoms with Crippen molar-refractivity contribution < 1.29 is 4.79 Å². The Bertz CT molecular complexity index is 466. The molecule has 1 aromatic carbocycles. The molecular formula is C18H29N3O. The summed E-state index contributed by atoms with van der Waals surface area (Å²) < 4.78 is 0. The van der Waals surface area contributed by atoms with Crippen LogP contribution in [0, 0.1) is 0 Å². The van der Waals surface area contributed by atoms with E-state index in [1.54, 1.807) is 0 Å². The van der Waals surface area contributed by atoms with Crippen LogP contribution in [-0.4, -0.2) is 11.6 Å². The Balaban J connectivity index is 2.19. The molecule has 0 aliphatic rings. The molecule has 0 radical (unpaired) electrons. The van der Waals surface area contributed by atoms with Crippen LogP contribution in [0.25, 0.3) is 0 Å². The molecule has 4 nitrogen and oxygen atoms in total. The van der Waals surface area contributed by atoms with Crippen LogP contribution in [0.4, 0.5) is 5.69 Å². The van der Waals surface area contributed by atoms with Crippen molar-refractivity contribution >= 4 is 17.3 Å². The number of nitrogens with one attached hydrogen (secondary N) is 1. The zero-order chi connectivity index (χ0) is 16.2. The van der Waals surface area contributed by atoms with E-state index in [9.17, 15) is 4.79 Å². The number of hydrazone groups is 1. The maximum Gasteiger partial charge on any atom is 0.240 e. The molecule has 0 spiro atoms. The monoisotopic (exact) mass is 303 g/mol. The molecule has 0 saturated heterocycles. The van der Waals surface area contributed by atoms with Gasteiger partial charge in [0.2, 0.25) is 5.91 Å². The highest BCUT2D eigenvalue weighted by molar-refractivity contribution is 5.99. The highest BCUT2D eigenvalue weighted by Gasteiger charge is 2.01. The fourth-order valence-corrected chi connectivity index (χ4v) is 2.23. The van der Waals surface area contributed by atoms with Gasteiger partial charge in [-0.3, -0.25) is 4.79 Å². The highest BCUT2D eigenvalue weighted by Crippen LogP contribution is 2.09. The molecule has 0 fully saturated rings. The molecule has 1 amide bonds. The minimum absolute atomic E-state index is 0.0108. The number of hydrogen-bond acceptors (Lipinski definition) is 3. The molecule has 0 unspecified atom stereocenters. The number of unbranched alkanes of at least 4 members (excludes halogenated alkanes) is 6. The largest absolute Gasteiger partial charge is 0.399 e. The van der Waals surface area contributed by atoms with Crippen molar-refractivity contribution in [1.82, 2.24) is 5.43 Å². The van der Waals surface area contributed by atoms with Crippen molar-refractivity contribution in [2.75, 3.05) is 5.73 Å². The van der Waals surface area contributed by atoms with Crippen molar-refractivity contribution in [3.05, 3.63) is 29.8 Å². The van der Waals surface area contributed by atoms with E-state index in [0.717, 1.165) is 29.8 Å². The maximum absolute atomic E-state index is 11.7. The second-order valence-electron chi connectivity index (χ2n) is 5.73. The van der Waals surface area contributed by atoms with E-state index in [4.69, 9.17) is 5.73 Å². The molecule has 1 rings (SSSR count). The summed E-state index contributed by atoms with van der Waals surface area (Å²) in [6, 6.07) is 7.46. The van der Waals surface area contributed by atoms with Crippen LogP contribution in [0.1, 0.15) is 70.8 Å². The Labute approximate surface area is 134 Å². The molecule has 22 heavy (non-hydrogen) atoms. The van der Waals surface area contributed by atoms with Crippen LogP contribution in [0.3, 0.4) is 0 Å². The first-order valence-corrected chi connectivity index (χ1v) is 8.32. The van der Waals surface area contributed by atoms with E-state index in [-0.39, 0.29) is 5.91 Å². The first-order chi connectivity index (χ1) is 10.6. The average molecular weight is 303 g/mol.